The number of rotatable bonds is 5. The standard InChI is InChI=1S/C16H15Cl2FN2O3S/c1-10-3-4-11(17)7-15(10)21(25(2,23)24)9-16(22)20-12-5-6-14(19)13(18)8-12/h3-8H,9H2,1-2H3,(H,20,22). The topological polar surface area (TPSA) is 66.5 Å². The van der Waals surface area contributed by atoms with Gasteiger partial charge in [0.1, 0.15) is 12.4 Å². The van der Waals surface area contributed by atoms with E-state index in [-0.39, 0.29) is 10.7 Å². The number of aryl methyl sites for hydroxylation is 1. The molecule has 0 saturated heterocycles. The van der Waals surface area contributed by atoms with Crippen LogP contribution in [0.25, 0.3) is 0 Å². The molecule has 2 rings (SSSR count). The van der Waals surface area contributed by atoms with Crippen LogP contribution in [0.15, 0.2) is 36.4 Å². The summed E-state index contributed by atoms with van der Waals surface area (Å²) in [6.45, 7) is 1.25. The monoisotopic (exact) mass is 404 g/mol. The molecule has 5 nitrogen and oxygen atoms in total. The number of hydrogen-bond acceptors (Lipinski definition) is 3. The first-order valence-electron chi connectivity index (χ1n) is 7.06. The molecule has 0 spiro atoms. The molecule has 0 unspecified atom stereocenters. The minimum absolute atomic E-state index is 0.150. The molecule has 2 aromatic rings. The molecule has 25 heavy (non-hydrogen) atoms. The molecule has 1 amide bonds. The van der Waals surface area contributed by atoms with Gasteiger partial charge < -0.3 is 5.32 Å². The minimum Gasteiger partial charge on any atom is -0.324 e. The van der Waals surface area contributed by atoms with E-state index in [9.17, 15) is 17.6 Å². The van der Waals surface area contributed by atoms with Crippen molar-refractivity contribution >= 4 is 50.5 Å². The van der Waals surface area contributed by atoms with Gasteiger partial charge in [-0.1, -0.05) is 29.3 Å². The summed E-state index contributed by atoms with van der Waals surface area (Å²) in [5, 5.41) is 2.68. The maximum absolute atomic E-state index is 13.2. The number of hydrogen-bond donors (Lipinski definition) is 1. The molecule has 0 radical (unpaired) electrons. The highest BCUT2D eigenvalue weighted by molar-refractivity contribution is 7.92. The van der Waals surface area contributed by atoms with Gasteiger partial charge in [0.15, 0.2) is 0 Å². The van der Waals surface area contributed by atoms with Crippen LogP contribution < -0.4 is 9.62 Å². The Balaban J connectivity index is 2.27. The van der Waals surface area contributed by atoms with E-state index in [0.29, 0.717) is 16.3 Å². The number of amides is 1. The Bertz CT molecular complexity index is 920. The Morgan fingerprint density at radius 3 is 2.48 bits per heavy atom. The average Bonchev–Trinajstić information content (AvgIpc) is 2.50. The molecule has 0 saturated carbocycles. The lowest BCUT2D eigenvalue weighted by Gasteiger charge is -2.23. The molecule has 0 aromatic heterocycles. The molecule has 1 N–H and O–H groups in total. The SMILES string of the molecule is Cc1ccc(Cl)cc1N(CC(=O)Nc1ccc(F)c(Cl)c1)S(C)(=O)=O. The third-order valence-electron chi connectivity index (χ3n) is 3.33. The summed E-state index contributed by atoms with van der Waals surface area (Å²) in [4.78, 5) is 12.2. The van der Waals surface area contributed by atoms with Crippen molar-refractivity contribution in [3.8, 4) is 0 Å². The Labute approximate surface area is 155 Å². The van der Waals surface area contributed by atoms with Crippen molar-refractivity contribution in [3.05, 3.63) is 57.8 Å². The van der Waals surface area contributed by atoms with Crippen molar-refractivity contribution in [2.45, 2.75) is 6.92 Å². The van der Waals surface area contributed by atoms with Crippen molar-refractivity contribution in [1.82, 2.24) is 0 Å². The fourth-order valence-corrected chi connectivity index (χ4v) is 3.39. The molecule has 0 bridgehead atoms. The van der Waals surface area contributed by atoms with Gasteiger partial charge >= 0.3 is 0 Å². The van der Waals surface area contributed by atoms with E-state index in [1.54, 1.807) is 19.1 Å². The van der Waals surface area contributed by atoms with Gasteiger partial charge in [0.25, 0.3) is 0 Å². The van der Waals surface area contributed by atoms with Gasteiger partial charge in [-0.05, 0) is 42.8 Å². The predicted octanol–water partition coefficient (Wildman–Crippen LogP) is 3.85. The molecule has 0 fully saturated rings. The number of benzene rings is 2. The average molecular weight is 405 g/mol. The number of nitrogens with one attached hydrogen (secondary N) is 1. The largest absolute Gasteiger partial charge is 0.324 e. The number of sulfonamides is 1. The maximum atomic E-state index is 13.2. The van der Waals surface area contributed by atoms with Crippen molar-refractivity contribution in [3.63, 3.8) is 0 Å². The van der Waals surface area contributed by atoms with E-state index in [1.165, 1.54) is 18.2 Å². The Hall–Kier alpha value is -1.83. The molecular formula is C16H15Cl2FN2O3S. The number of carbonyl (C=O) groups excluding carboxylic acids is 1. The number of carbonyl (C=O) groups is 1. The fourth-order valence-electron chi connectivity index (χ4n) is 2.14. The van der Waals surface area contributed by atoms with Crippen LogP contribution >= 0.6 is 23.2 Å². The van der Waals surface area contributed by atoms with E-state index >= 15 is 0 Å². The van der Waals surface area contributed by atoms with E-state index < -0.39 is 28.3 Å². The van der Waals surface area contributed by atoms with E-state index in [4.69, 9.17) is 23.2 Å². The highest BCUT2D eigenvalue weighted by atomic mass is 35.5. The van der Waals surface area contributed by atoms with Gasteiger partial charge in [0, 0.05) is 10.7 Å². The molecule has 0 atom stereocenters. The highest BCUT2D eigenvalue weighted by Gasteiger charge is 2.23. The van der Waals surface area contributed by atoms with E-state index in [2.05, 4.69) is 5.32 Å². The summed E-state index contributed by atoms with van der Waals surface area (Å²) in [5.74, 6) is -1.22. The van der Waals surface area contributed by atoms with Gasteiger partial charge in [0.05, 0.1) is 17.0 Å². The van der Waals surface area contributed by atoms with Gasteiger partial charge in [-0.2, -0.15) is 0 Å². The fraction of sp³-hybridized carbons (Fsp3) is 0.188. The van der Waals surface area contributed by atoms with Crippen molar-refractivity contribution < 1.29 is 17.6 Å². The van der Waals surface area contributed by atoms with Gasteiger partial charge in [-0.25, -0.2) is 12.8 Å². The lowest BCUT2D eigenvalue weighted by Crippen LogP contribution is -2.37. The van der Waals surface area contributed by atoms with Crippen molar-refractivity contribution in [2.24, 2.45) is 0 Å². The smallest absolute Gasteiger partial charge is 0.245 e. The van der Waals surface area contributed by atoms with Crippen LogP contribution in [0.4, 0.5) is 15.8 Å². The summed E-state index contributed by atoms with van der Waals surface area (Å²) in [6, 6.07) is 8.43. The first kappa shape index (κ1) is 19.5. The summed E-state index contributed by atoms with van der Waals surface area (Å²) in [7, 11) is -3.73. The first-order valence-corrected chi connectivity index (χ1v) is 9.67. The van der Waals surface area contributed by atoms with Crippen LogP contribution in [-0.4, -0.2) is 27.1 Å². The molecule has 9 heteroatoms. The number of halogens is 3. The maximum Gasteiger partial charge on any atom is 0.245 e. The molecular weight excluding hydrogens is 390 g/mol. The Kier molecular flexibility index (Phi) is 5.92. The third kappa shape index (κ3) is 5.07. The zero-order chi connectivity index (χ0) is 18.8. The van der Waals surface area contributed by atoms with Crippen LogP contribution in [-0.2, 0) is 14.8 Å². The second-order valence-corrected chi connectivity index (χ2v) is 8.13. The molecule has 0 aliphatic rings. The second-order valence-electron chi connectivity index (χ2n) is 5.38. The van der Waals surface area contributed by atoms with Gasteiger partial charge in [-0.3, -0.25) is 9.10 Å². The third-order valence-corrected chi connectivity index (χ3v) is 4.98. The minimum atomic E-state index is -3.73. The molecule has 0 aliphatic carbocycles. The number of anilines is 2. The van der Waals surface area contributed by atoms with Crippen LogP contribution in [0.2, 0.25) is 10.0 Å². The summed E-state index contributed by atoms with van der Waals surface area (Å²) >= 11 is 11.6. The van der Waals surface area contributed by atoms with Crippen LogP contribution in [0.1, 0.15) is 5.56 Å². The van der Waals surface area contributed by atoms with Crippen molar-refractivity contribution in [1.29, 1.82) is 0 Å². The Morgan fingerprint density at radius 2 is 1.88 bits per heavy atom. The van der Waals surface area contributed by atoms with Crippen LogP contribution in [0.3, 0.4) is 0 Å². The van der Waals surface area contributed by atoms with E-state index in [0.717, 1.165) is 16.6 Å². The second kappa shape index (κ2) is 7.59. The van der Waals surface area contributed by atoms with Crippen LogP contribution in [0.5, 0.6) is 0 Å². The molecule has 0 heterocycles. The van der Waals surface area contributed by atoms with Crippen LogP contribution in [0, 0.1) is 12.7 Å². The Morgan fingerprint density at radius 1 is 1.20 bits per heavy atom. The zero-order valence-electron chi connectivity index (χ0n) is 13.4. The normalized spacial score (nSPS) is 11.2. The quantitative estimate of drug-likeness (QED) is 0.822. The number of nitrogens with zero attached hydrogens (tertiary/aromatic N) is 1. The van der Waals surface area contributed by atoms with Crippen molar-refractivity contribution in [2.75, 3.05) is 22.4 Å². The molecule has 2 aromatic carbocycles. The lowest BCUT2D eigenvalue weighted by atomic mass is 10.2. The molecule has 134 valence electrons. The molecule has 0 aliphatic heterocycles. The lowest BCUT2D eigenvalue weighted by molar-refractivity contribution is -0.114. The zero-order valence-corrected chi connectivity index (χ0v) is 15.7. The van der Waals surface area contributed by atoms with E-state index in [1.807, 2.05) is 0 Å². The summed E-state index contributed by atoms with van der Waals surface area (Å²) < 4.78 is 38.3. The van der Waals surface area contributed by atoms with Gasteiger partial charge in [-0.15, -0.1) is 0 Å². The summed E-state index contributed by atoms with van der Waals surface area (Å²) in [5.41, 5.74) is 1.21. The summed E-state index contributed by atoms with van der Waals surface area (Å²) in [6.07, 6.45) is 0.995. The first-order chi connectivity index (χ1) is 11.6. The van der Waals surface area contributed by atoms with Gasteiger partial charge in [0.2, 0.25) is 15.9 Å². The highest BCUT2D eigenvalue weighted by Crippen LogP contribution is 2.26. The predicted molar refractivity (Wildman–Crippen MR) is 98.4 cm³/mol.